The van der Waals surface area contributed by atoms with Gasteiger partial charge in [-0.15, -0.1) is 0 Å². The van der Waals surface area contributed by atoms with Gasteiger partial charge in [-0.25, -0.2) is 9.97 Å². The Balaban J connectivity index is 1.31. The number of benzene rings is 1. The fourth-order valence-corrected chi connectivity index (χ4v) is 6.52. The highest BCUT2D eigenvalue weighted by atomic mass is 16.5. The van der Waals surface area contributed by atoms with E-state index in [4.69, 9.17) is 10.5 Å². The molecule has 0 atom stereocenters. The molecule has 7 heteroatoms. The largest absolute Gasteiger partial charge is 0.492 e. The molecular formula is C29H38N6O. The lowest BCUT2D eigenvalue weighted by molar-refractivity contribution is 0.184. The first kappa shape index (κ1) is 23.5. The van der Waals surface area contributed by atoms with Crippen LogP contribution in [0.4, 0.5) is 5.82 Å². The van der Waals surface area contributed by atoms with Crippen LogP contribution < -0.4 is 15.8 Å². The van der Waals surface area contributed by atoms with E-state index in [1.165, 1.54) is 56.5 Å². The van der Waals surface area contributed by atoms with Gasteiger partial charge in [-0.3, -0.25) is 4.90 Å². The van der Waals surface area contributed by atoms with Crippen LogP contribution in [0.25, 0.3) is 27.7 Å². The third kappa shape index (κ3) is 4.39. The van der Waals surface area contributed by atoms with Crippen molar-refractivity contribution in [3.8, 4) is 16.9 Å². The van der Waals surface area contributed by atoms with Crippen LogP contribution >= 0.6 is 0 Å². The third-order valence-corrected chi connectivity index (χ3v) is 8.69. The molecule has 2 fully saturated rings. The molecule has 0 unspecified atom stereocenters. The minimum absolute atomic E-state index is 0.465. The zero-order valence-corrected chi connectivity index (χ0v) is 21.4. The van der Waals surface area contributed by atoms with E-state index in [-0.39, 0.29) is 0 Å². The minimum atomic E-state index is 0.465. The fraction of sp³-hybridized carbons (Fsp3) is 0.517. The summed E-state index contributed by atoms with van der Waals surface area (Å²) in [5.74, 6) is 1.45. The highest BCUT2D eigenvalue weighted by Crippen LogP contribution is 2.48. The number of nitrogens with zero attached hydrogens (tertiary/aromatic N) is 4. The molecule has 190 valence electrons. The molecule has 1 aromatic carbocycles. The van der Waals surface area contributed by atoms with Crippen molar-refractivity contribution in [1.82, 2.24) is 24.8 Å². The highest BCUT2D eigenvalue weighted by Gasteiger charge is 2.35. The maximum Gasteiger partial charge on any atom is 0.146 e. The van der Waals surface area contributed by atoms with Gasteiger partial charge in [-0.05, 0) is 99.8 Å². The monoisotopic (exact) mass is 486 g/mol. The van der Waals surface area contributed by atoms with Gasteiger partial charge in [-0.1, -0.05) is 18.2 Å². The predicted octanol–water partition coefficient (Wildman–Crippen LogP) is 4.63. The van der Waals surface area contributed by atoms with E-state index in [9.17, 15) is 0 Å². The molecule has 36 heavy (non-hydrogen) atoms. The number of anilines is 1. The summed E-state index contributed by atoms with van der Waals surface area (Å²) in [4.78, 5) is 11.5. The Morgan fingerprint density at radius 2 is 1.83 bits per heavy atom. The van der Waals surface area contributed by atoms with Gasteiger partial charge < -0.3 is 20.4 Å². The molecule has 0 radical (unpaired) electrons. The van der Waals surface area contributed by atoms with Crippen LogP contribution in [-0.2, 0) is 7.05 Å². The van der Waals surface area contributed by atoms with Crippen molar-refractivity contribution in [2.75, 3.05) is 45.1 Å². The summed E-state index contributed by atoms with van der Waals surface area (Å²) in [6, 6.07) is 8.49. The van der Waals surface area contributed by atoms with E-state index in [1.54, 1.807) is 6.33 Å². The summed E-state index contributed by atoms with van der Waals surface area (Å²) in [5, 5.41) is 4.47. The number of allylic oxidation sites excluding steroid dienone is 2. The minimum Gasteiger partial charge on any atom is -0.492 e. The molecule has 3 N–H and O–H groups in total. The van der Waals surface area contributed by atoms with E-state index in [1.807, 2.05) is 0 Å². The second-order valence-corrected chi connectivity index (χ2v) is 10.8. The number of likely N-dealkylation sites (tertiary alicyclic amines) is 1. The number of rotatable bonds is 6. The molecule has 0 saturated carbocycles. The first-order valence-corrected chi connectivity index (χ1v) is 13.6. The number of nitrogens with one attached hydrogen (secondary N) is 1. The van der Waals surface area contributed by atoms with E-state index < -0.39 is 0 Å². The number of nitrogen functional groups attached to an aromatic ring is 1. The van der Waals surface area contributed by atoms with Crippen molar-refractivity contribution in [3.63, 3.8) is 0 Å². The Hall–Kier alpha value is -2.90. The van der Waals surface area contributed by atoms with Gasteiger partial charge >= 0.3 is 0 Å². The molecule has 6 rings (SSSR count). The summed E-state index contributed by atoms with van der Waals surface area (Å²) in [7, 11) is 2.11. The van der Waals surface area contributed by atoms with E-state index in [2.05, 4.69) is 62.1 Å². The molecule has 7 nitrogen and oxygen atoms in total. The predicted molar refractivity (Wildman–Crippen MR) is 146 cm³/mol. The Morgan fingerprint density at radius 1 is 1.06 bits per heavy atom. The summed E-state index contributed by atoms with van der Waals surface area (Å²) in [6.45, 7) is 6.40. The number of ether oxygens (including phenoxy) is 1. The summed E-state index contributed by atoms with van der Waals surface area (Å²) in [5.41, 5.74) is 12.7. The molecule has 0 bridgehead atoms. The standard InChI is InChI=1S/C29H38N6O/c1-34-26(22-8-10-29(11-9-22)12-14-31-15-13-29)24(25-27(30)32-20-33-28(25)34)21-4-6-23(7-5-21)36-19-18-35-16-2-3-17-35/h4-8,20,31H,2-3,9-19H2,1H3,(H2,30,32,33). The number of nitrogens with two attached hydrogens (primary N) is 1. The van der Waals surface area contributed by atoms with Crippen molar-refractivity contribution in [2.24, 2.45) is 12.5 Å². The second-order valence-electron chi connectivity index (χ2n) is 10.8. The van der Waals surface area contributed by atoms with Crippen LogP contribution in [0.3, 0.4) is 0 Å². The highest BCUT2D eigenvalue weighted by molar-refractivity contribution is 6.05. The third-order valence-electron chi connectivity index (χ3n) is 8.69. The van der Waals surface area contributed by atoms with Crippen LogP contribution in [0.1, 0.15) is 50.6 Å². The molecule has 2 aliphatic heterocycles. The van der Waals surface area contributed by atoms with Gasteiger partial charge in [-0.2, -0.15) is 0 Å². The van der Waals surface area contributed by atoms with Gasteiger partial charge in [0.1, 0.15) is 30.1 Å². The van der Waals surface area contributed by atoms with Crippen molar-refractivity contribution < 1.29 is 4.74 Å². The van der Waals surface area contributed by atoms with Crippen molar-refractivity contribution in [2.45, 2.75) is 44.9 Å². The lowest BCUT2D eigenvalue weighted by Gasteiger charge is -2.40. The molecule has 2 aromatic heterocycles. The van der Waals surface area contributed by atoms with Crippen molar-refractivity contribution in [1.29, 1.82) is 0 Å². The first-order valence-electron chi connectivity index (χ1n) is 13.6. The Kier molecular flexibility index (Phi) is 6.44. The zero-order valence-electron chi connectivity index (χ0n) is 21.4. The number of piperidine rings is 1. The lowest BCUT2D eigenvalue weighted by atomic mass is 9.68. The maximum absolute atomic E-state index is 6.45. The maximum atomic E-state index is 6.45. The molecule has 3 aliphatic rings. The number of hydrogen-bond donors (Lipinski definition) is 2. The van der Waals surface area contributed by atoms with Gasteiger partial charge in [0.05, 0.1) is 11.1 Å². The SMILES string of the molecule is Cn1c(C2=CCC3(CCNCC3)CC2)c(-c2ccc(OCCN3CCCC3)cc2)c2c(N)ncnc21. The van der Waals surface area contributed by atoms with Crippen molar-refractivity contribution in [3.05, 3.63) is 42.4 Å². The first-order chi connectivity index (χ1) is 17.6. The van der Waals surface area contributed by atoms with Crippen LogP contribution in [0.2, 0.25) is 0 Å². The normalized spacial score (nSPS) is 20.2. The van der Waals surface area contributed by atoms with Gasteiger partial charge in [0.25, 0.3) is 0 Å². The molecular weight excluding hydrogens is 448 g/mol. The van der Waals surface area contributed by atoms with Crippen LogP contribution in [0.5, 0.6) is 5.75 Å². The number of hydrogen-bond acceptors (Lipinski definition) is 6. The van der Waals surface area contributed by atoms with Crippen molar-refractivity contribution >= 4 is 22.4 Å². The smallest absolute Gasteiger partial charge is 0.146 e. The Morgan fingerprint density at radius 3 is 2.56 bits per heavy atom. The van der Waals surface area contributed by atoms with E-state index >= 15 is 0 Å². The van der Waals surface area contributed by atoms with Crippen LogP contribution in [0, 0.1) is 5.41 Å². The summed E-state index contributed by atoms with van der Waals surface area (Å²) >= 11 is 0. The van der Waals surface area contributed by atoms with Gasteiger partial charge in [0.2, 0.25) is 0 Å². The Bertz CT molecular complexity index is 1250. The van der Waals surface area contributed by atoms with E-state index in [0.717, 1.165) is 67.0 Å². The van der Waals surface area contributed by atoms with Crippen LogP contribution in [0.15, 0.2) is 36.7 Å². The molecule has 1 aliphatic carbocycles. The van der Waals surface area contributed by atoms with Gasteiger partial charge in [0.15, 0.2) is 0 Å². The average Bonchev–Trinajstić information content (AvgIpc) is 3.53. The molecule has 2 saturated heterocycles. The second kappa shape index (κ2) is 9.87. The zero-order chi connectivity index (χ0) is 24.5. The van der Waals surface area contributed by atoms with Crippen LogP contribution in [-0.4, -0.2) is 58.8 Å². The number of aryl methyl sites for hydroxylation is 1. The lowest BCUT2D eigenvalue weighted by Crippen LogP contribution is -2.37. The van der Waals surface area contributed by atoms with Gasteiger partial charge in [0, 0.05) is 19.2 Å². The Labute approximate surface area is 213 Å². The van der Waals surface area contributed by atoms with E-state index in [0.29, 0.717) is 11.2 Å². The molecule has 4 heterocycles. The molecule has 0 amide bonds. The quantitative estimate of drug-likeness (QED) is 0.529. The summed E-state index contributed by atoms with van der Waals surface area (Å²) in [6.07, 6.45) is 12.7. The average molecular weight is 487 g/mol. The number of aromatic nitrogens is 3. The topological polar surface area (TPSA) is 81.2 Å². The molecule has 1 spiro atoms. The summed E-state index contributed by atoms with van der Waals surface area (Å²) < 4.78 is 8.29. The molecule has 3 aromatic rings. The number of fused-ring (bicyclic) bond motifs is 1. The fourth-order valence-electron chi connectivity index (χ4n) is 6.52.